The van der Waals surface area contributed by atoms with Gasteiger partial charge in [-0.2, -0.15) is 0 Å². The number of hydrogen-bond donors (Lipinski definition) is 1. The Kier molecular flexibility index (Phi) is 2.89. The van der Waals surface area contributed by atoms with Gasteiger partial charge in [-0.1, -0.05) is 18.2 Å². The normalized spacial score (nSPS) is 10.0. The quantitative estimate of drug-likeness (QED) is 0.541. The maximum Gasteiger partial charge on any atom is 0.382 e. The Morgan fingerprint density at radius 1 is 1.21 bits per heavy atom. The molecule has 0 fully saturated rings. The molecule has 0 heterocycles. The second kappa shape index (κ2) is 3.94. The average molecular weight is 210 g/mol. The van der Waals surface area contributed by atoms with Crippen molar-refractivity contribution in [2.24, 2.45) is 0 Å². The number of carbonyl (C=O) groups is 1. The van der Waals surface area contributed by atoms with Crippen LogP contribution < -0.4 is 0 Å². The second-order valence-corrected chi connectivity index (χ2v) is 4.03. The van der Waals surface area contributed by atoms with Crippen LogP contribution in [0.4, 0.5) is 0 Å². The number of aliphatic carboxylic acids is 1. The molecule has 1 N–H and O–H groups in total. The highest BCUT2D eigenvalue weighted by molar-refractivity contribution is 7.96. The summed E-state index contributed by atoms with van der Waals surface area (Å²) in [7, 11) is -3.80. The van der Waals surface area contributed by atoms with Crippen molar-refractivity contribution in [3.8, 4) is 11.2 Å². The summed E-state index contributed by atoms with van der Waals surface area (Å²) >= 11 is 0. The van der Waals surface area contributed by atoms with Crippen molar-refractivity contribution in [1.82, 2.24) is 0 Å². The van der Waals surface area contributed by atoms with Gasteiger partial charge in [-0.25, -0.2) is 13.2 Å². The minimum Gasteiger partial charge on any atom is -0.472 e. The molecule has 0 aromatic heterocycles. The van der Waals surface area contributed by atoms with Gasteiger partial charge in [0.1, 0.15) is 0 Å². The van der Waals surface area contributed by atoms with Crippen LogP contribution in [-0.4, -0.2) is 19.5 Å². The molecule has 0 aliphatic heterocycles. The largest absolute Gasteiger partial charge is 0.472 e. The van der Waals surface area contributed by atoms with Gasteiger partial charge >= 0.3 is 5.97 Å². The van der Waals surface area contributed by atoms with E-state index < -0.39 is 15.8 Å². The predicted octanol–water partition coefficient (Wildman–Crippen LogP) is 0.506. The van der Waals surface area contributed by atoms with Crippen LogP contribution in [0.2, 0.25) is 0 Å². The monoisotopic (exact) mass is 210 g/mol. The molecule has 0 saturated carbocycles. The average Bonchev–Trinajstić information content (AvgIpc) is 2.16. The molecule has 14 heavy (non-hydrogen) atoms. The van der Waals surface area contributed by atoms with Gasteiger partial charge in [0.15, 0.2) is 0 Å². The molecule has 0 amide bonds. The van der Waals surface area contributed by atoms with Crippen molar-refractivity contribution in [2.75, 3.05) is 0 Å². The van der Waals surface area contributed by atoms with Crippen LogP contribution in [-0.2, 0) is 14.6 Å². The van der Waals surface area contributed by atoms with E-state index in [1.54, 1.807) is 17.2 Å². The molecule has 1 rings (SSSR count). The lowest BCUT2D eigenvalue weighted by Gasteiger charge is -1.93. The maximum absolute atomic E-state index is 11.3. The molecule has 1 aromatic rings. The zero-order valence-electron chi connectivity index (χ0n) is 6.97. The fourth-order valence-electron chi connectivity index (χ4n) is 0.769. The maximum atomic E-state index is 11.3. The highest BCUT2D eigenvalue weighted by atomic mass is 32.2. The first-order chi connectivity index (χ1) is 6.52. The number of carboxylic acid groups (broad SMARTS) is 1. The lowest BCUT2D eigenvalue weighted by Crippen LogP contribution is -1.98. The van der Waals surface area contributed by atoms with Crippen molar-refractivity contribution < 1.29 is 18.3 Å². The molecule has 5 heteroatoms. The zero-order valence-corrected chi connectivity index (χ0v) is 7.78. The highest BCUT2D eigenvalue weighted by Crippen LogP contribution is 2.07. The Bertz CT molecular complexity index is 491. The van der Waals surface area contributed by atoms with Gasteiger partial charge in [-0.3, -0.25) is 0 Å². The molecule has 0 aliphatic carbocycles. The molecule has 0 bridgehead atoms. The smallest absolute Gasteiger partial charge is 0.382 e. The highest BCUT2D eigenvalue weighted by Gasteiger charge is 2.09. The molecule has 0 saturated heterocycles. The van der Waals surface area contributed by atoms with Crippen LogP contribution >= 0.6 is 0 Å². The van der Waals surface area contributed by atoms with Crippen LogP contribution in [0.1, 0.15) is 0 Å². The van der Waals surface area contributed by atoms with E-state index >= 15 is 0 Å². The number of sulfone groups is 1. The van der Waals surface area contributed by atoms with Crippen LogP contribution in [0.5, 0.6) is 0 Å². The second-order valence-electron chi connectivity index (χ2n) is 2.35. The fourth-order valence-corrected chi connectivity index (χ4v) is 1.62. The molecule has 0 radical (unpaired) electrons. The van der Waals surface area contributed by atoms with E-state index in [-0.39, 0.29) is 4.90 Å². The number of hydrogen-bond acceptors (Lipinski definition) is 3. The summed E-state index contributed by atoms with van der Waals surface area (Å²) in [5.41, 5.74) is 0. The minimum absolute atomic E-state index is 0.00579. The van der Waals surface area contributed by atoms with Gasteiger partial charge in [0.25, 0.3) is 0 Å². The molecular weight excluding hydrogens is 204 g/mol. The van der Waals surface area contributed by atoms with Gasteiger partial charge in [0.2, 0.25) is 9.84 Å². The molecule has 1 aromatic carbocycles. The van der Waals surface area contributed by atoms with E-state index in [9.17, 15) is 13.2 Å². The summed E-state index contributed by atoms with van der Waals surface area (Å²) in [5, 5.41) is 9.88. The summed E-state index contributed by atoms with van der Waals surface area (Å²) in [6.07, 6.45) is 0. The number of rotatable bonds is 1. The third-order valence-electron chi connectivity index (χ3n) is 1.35. The standard InChI is InChI=1S/C9H6O4S/c10-9(11)6-7-14(12,13)8-4-2-1-3-5-8/h1-5H,(H,10,11). The molecule has 0 atom stereocenters. The van der Waals surface area contributed by atoms with Gasteiger partial charge < -0.3 is 5.11 Å². The summed E-state index contributed by atoms with van der Waals surface area (Å²) in [6, 6.07) is 7.44. The summed E-state index contributed by atoms with van der Waals surface area (Å²) in [6.45, 7) is 0. The van der Waals surface area contributed by atoms with Crippen LogP contribution in [0.25, 0.3) is 0 Å². The predicted molar refractivity (Wildman–Crippen MR) is 49.0 cm³/mol. The van der Waals surface area contributed by atoms with E-state index in [4.69, 9.17) is 5.11 Å². The minimum atomic E-state index is -3.80. The summed E-state index contributed by atoms with van der Waals surface area (Å²) < 4.78 is 22.6. The Morgan fingerprint density at radius 3 is 2.29 bits per heavy atom. The zero-order chi connectivity index (χ0) is 10.6. The number of benzene rings is 1. The Hall–Kier alpha value is -1.80. The van der Waals surface area contributed by atoms with Crippen LogP contribution in [0, 0.1) is 11.2 Å². The van der Waals surface area contributed by atoms with Crippen molar-refractivity contribution in [1.29, 1.82) is 0 Å². The van der Waals surface area contributed by atoms with Gasteiger partial charge in [-0.15, -0.1) is 0 Å². The topological polar surface area (TPSA) is 71.4 Å². The van der Waals surface area contributed by atoms with E-state index in [0.29, 0.717) is 0 Å². The Morgan fingerprint density at radius 2 is 1.79 bits per heavy atom. The van der Waals surface area contributed by atoms with Gasteiger partial charge in [0.05, 0.1) is 4.90 Å². The van der Waals surface area contributed by atoms with Crippen LogP contribution in [0.3, 0.4) is 0 Å². The van der Waals surface area contributed by atoms with Crippen molar-refractivity contribution in [3.63, 3.8) is 0 Å². The van der Waals surface area contributed by atoms with E-state index in [1.807, 2.05) is 0 Å². The Balaban J connectivity index is 3.13. The lowest BCUT2D eigenvalue weighted by molar-refractivity contribution is -0.130. The molecule has 0 spiro atoms. The van der Waals surface area contributed by atoms with Gasteiger partial charge in [-0.05, 0) is 12.1 Å². The molecule has 72 valence electrons. The first kappa shape index (κ1) is 10.3. The third-order valence-corrected chi connectivity index (χ3v) is 2.61. The Labute approximate surface area is 81.1 Å². The molecule has 4 nitrogen and oxygen atoms in total. The third kappa shape index (κ3) is 2.61. The molecule has 0 unspecified atom stereocenters. The molecule has 0 aliphatic rings. The van der Waals surface area contributed by atoms with E-state index in [2.05, 4.69) is 0 Å². The van der Waals surface area contributed by atoms with Gasteiger partial charge in [0, 0.05) is 11.2 Å². The first-order valence-electron chi connectivity index (χ1n) is 3.58. The van der Waals surface area contributed by atoms with E-state index in [1.165, 1.54) is 24.3 Å². The molecular formula is C9H6O4S. The van der Waals surface area contributed by atoms with E-state index in [0.717, 1.165) is 0 Å². The SMILES string of the molecule is O=C(O)C#CS(=O)(=O)c1ccccc1. The first-order valence-corrected chi connectivity index (χ1v) is 5.06. The summed E-state index contributed by atoms with van der Waals surface area (Å²) in [5.74, 6) is 0.0949. The van der Waals surface area contributed by atoms with Crippen molar-refractivity contribution in [2.45, 2.75) is 4.90 Å². The summed E-state index contributed by atoms with van der Waals surface area (Å²) in [4.78, 5) is 10.0. The van der Waals surface area contributed by atoms with Crippen LogP contribution in [0.15, 0.2) is 35.2 Å². The fraction of sp³-hybridized carbons (Fsp3) is 0. The van der Waals surface area contributed by atoms with Crippen molar-refractivity contribution >= 4 is 15.8 Å². The lowest BCUT2D eigenvalue weighted by atomic mass is 10.4. The number of carboxylic acids is 1. The van der Waals surface area contributed by atoms with Crippen molar-refractivity contribution in [3.05, 3.63) is 30.3 Å².